The van der Waals surface area contributed by atoms with Gasteiger partial charge in [-0.05, 0) is 49.2 Å². The van der Waals surface area contributed by atoms with E-state index < -0.39 is 0 Å². The molecule has 0 aliphatic rings. The smallest absolute Gasteiger partial charge is 0.267 e. The topological polar surface area (TPSA) is 54.1 Å². The fraction of sp³-hybridized carbons (Fsp3) is 0.211. The van der Waals surface area contributed by atoms with Crippen molar-refractivity contribution in [2.45, 2.75) is 13.3 Å². The van der Waals surface area contributed by atoms with Crippen molar-refractivity contribution in [3.05, 3.63) is 65.4 Å². The van der Waals surface area contributed by atoms with Gasteiger partial charge in [-0.15, -0.1) is 0 Å². The van der Waals surface area contributed by atoms with Crippen molar-refractivity contribution in [2.24, 2.45) is 0 Å². The first kappa shape index (κ1) is 15.2. The molecule has 0 radical (unpaired) electrons. The normalized spacial score (nSPS) is 10.7. The average Bonchev–Trinajstić information content (AvgIpc) is 2.98. The Balaban J connectivity index is 1.61. The van der Waals surface area contributed by atoms with Gasteiger partial charge in [-0.3, -0.25) is 4.79 Å². The molecule has 2 N–H and O–H groups in total. The zero-order chi connectivity index (χ0) is 16.2. The van der Waals surface area contributed by atoms with Crippen LogP contribution in [0.3, 0.4) is 0 Å². The fourth-order valence-electron chi connectivity index (χ4n) is 2.62. The highest BCUT2D eigenvalue weighted by molar-refractivity contribution is 5.98. The summed E-state index contributed by atoms with van der Waals surface area (Å²) >= 11 is 0. The summed E-state index contributed by atoms with van der Waals surface area (Å²) in [6.07, 6.45) is 0.766. The molecule has 4 nitrogen and oxygen atoms in total. The zero-order valence-electron chi connectivity index (χ0n) is 13.3. The highest BCUT2D eigenvalue weighted by Crippen LogP contribution is 2.17. The number of hydrogen-bond acceptors (Lipinski definition) is 2. The second kappa shape index (κ2) is 6.57. The molecule has 1 heterocycles. The molecule has 0 aliphatic heterocycles. The van der Waals surface area contributed by atoms with Gasteiger partial charge in [0.05, 0.1) is 7.11 Å². The molecule has 23 heavy (non-hydrogen) atoms. The molecule has 2 aromatic carbocycles. The van der Waals surface area contributed by atoms with Crippen molar-refractivity contribution in [3.63, 3.8) is 0 Å². The van der Waals surface area contributed by atoms with E-state index in [0.29, 0.717) is 12.2 Å². The number of hydrogen-bond donors (Lipinski definition) is 2. The molecule has 0 saturated heterocycles. The summed E-state index contributed by atoms with van der Waals surface area (Å²) in [6, 6.07) is 15.9. The minimum absolute atomic E-state index is 0.0817. The van der Waals surface area contributed by atoms with Gasteiger partial charge in [0.2, 0.25) is 0 Å². The molecule has 1 aromatic heterocycles. The summed E-state index contributed by atoms with van der Waals surface area (Å²) in [6.45, 7) is 2.63. The van der Waals surface area contributed by atoms with Crippen molar-refractivity contribution < 1.29 is 9.53 Å². The number of carbonyl (C=O) groups is 1. The van der Waals surface area contributed by atoms with E-state index in [1.807, 2.05) is 49.4 Å². The van der Waals surface area contributed by atoms with Gasteiger partial charge in [0.1, 0.15) is 11.4 Å². The molecule has 1 amide bonds. The summed E-state index contributed by atoms with van der Waals surface area (Å²) < 4.78 is 5.20. The predicted octanol–water partition coefficient (Wildman–Crippen LogP) is 3.46. The number of nitrogens with one attached hydrogen (secondary N) is 2. The van der Waals surface area contributed by atoms with Gasteiger partial charge in [-0.2, -0.15) is 0 Å². The van der Waals surface area contributed by atoms with Crippen molar-refractivity contribution in [3.8, 4) is 5.75 Å². The van der Waals surface area contributed by atoms with E-state index in [0.717, 1.165) is 28.6 Å². The van der Waals surface area contributed by atoms with Crippen LogP contribution in [0.2, 0.25) is 0 Å². The number of aryl methyl sites for hydroxylation is 1. The maximum absolute atomic E-state index is 12.2. The van der Waals surface area contributed by atoms with Gasteiger partial charge in [-0.25, -0.2) is 0 Å². The van der Waals surface area contributed by atoms with Crippen LogP contribution in [0.5, 0.6) is 5.75 Å². The maximum Gasteiger partial charge on any atom is 0.267 e. The standard InChI is InChI=1S/C19H20N2O2/c1-13-6-7-17-15(10-13)12-18(21-17)19(22)20-9-8-14-4-3-5-16(11-14)23-2/h3-7,10-12,21H,8-9H2,1-2H3,(H,20,22). The summed E-state index contributed by atoms with van der Waals surface area (Å²) in [5, 5.41) is 4.01. The Morgan fingerprint density at radius 1 is 1.17 bits per heavy atom. The Morgan fingerprint density at radius 2 is 2.04 bits per heavy atom. The lowest BCUT2D eigenvalue weighted by Crippen LogP contribution is -2.25. The number of ether oxygens (including phenoxy) is 1. The first-order valence-electron chi connectivity index (χ1n) is 7.66. The van der Waals surface area contributed by atoms with Gasteiger partial charge in [0.25, 0.3) is 5.91 Å². The molecular formula is C19H20N2O2. The molecule has 118 valence electrons. The number of methoxy groups -OCH3 is 1. The summed E-state index contributed by atoms with van der Waals surface area (Å²) in [5.41, 5.74) is 3.89. The first-order valence-corrected chi connectivity index (χ1v) is 7.66. The number of carbonyl (C=O) groups excluding carboxylic acids is 1. The molecule has 0 atom stereocenters. The van der Waals surface area contributed by atoms with Gasteiger partial charge in [0, 0.05) is 17.4 Å². The molecule has 0 bridgehead atoms. The van der Waals surface area contributed by atoms with Crippen molar-refractivity contribution in [1.29, 1.82) is 0 Å². The third kappa shape index (κ3) is 3.54. The Labute approximate surface area is 135 Å². The summed E-state index contributed by atoms with van der Waals surface area (Å²) in [5.74, 6) is 0.751. The van der Waals surface area contributed by atoms with E-state index in [1.54, 1.807) is 7.11 Å². The minimum Gasteiger partial charge on any atom is -0.497 e. The zero-order valence-corrected chi connectivity index (χ0v) is 13.3. The van der Waals surface area contributed by atoms with Crippen molar-refractivity contribution in [2.75, 3.05) is 13.7 Å². The lowest BCUT2D eigenvalue weighted by Gasteiger charge is -2.06. The van der Waals surface area contributed by atoms with Gasteiger partial charge >= 0.3 is 0 Å². The molecule has 0 fully saturated rings. The van der Waals surface area contributed by atoms with E-state index in [4.69, 9.17) is 4.74 Å². The molecule has 0 saturated carbocycles. The molecular weight excluding hydrogens is 288 g/mol. The quantitative estimate of drug-likeness (QED) is 0.758. The molecule has 3 rings (SSSR count). The second-order valence-electron chi connectivity index (χ2n) is 5.63. The van der Waals surface area contributed by atoms with Crippen LogP contribution >= 0.6 is 0 Å². The highest BCUT2D eigenvalue weighted by atomic mass is 16.5. The molecule has 3 aromatic rings. The molecule has 4 heteroatoms. The van der Waals surface area contributed by atoms with Crippen molar-refractivity contribution in [1.82, 2.24) is 10.3 Å². The number of H-pyrrole nitrogens is 1. The van der Waals surface area contributed by atoms with Gasteiger partial charge in [0.15, 0.2) is 0 Å². The Bertz CT molecular complexity index is 836. The lowest BCUT2D eigenvalue weighted by atomic mass is 10.1. The van der Waals surface area contributed by atoms with E-state index in [2.05, 4.69) is 16.4 Å². The summed E-state index contributed by atoms with van der Waals surface area (Å²) in [4.78, 5) is 15.4. The van der Waals surface area contributed by atoms with E-state index >= 15 is 0 Å². The number of aromatic amines is 1. The largest absolute Gasteiger partial charge is 0.497 e. The van der Waals surface area contributed by atoms with E-state index in [1.165, 1.54) is 5.56 Å². The Morgan fingerprint density at radius 3 is 2.87 bits per heavy atom. The number of amides is 1. The fourth-order valence-corrected chi connectivity index (χ4v) is 2.62. The van der Waals surface area contributed by atoms with Crippen LogP contribution in [-0.4, -0.2) is 24.5 Å². The average molecular weight is 308 g/mol. The van der Waals surface area contributed by atoms with E-state index in [9.17, 15) is 4.79 Å². The highest BCUT2D eigenvalue weighted by Gasteiger charge is 2.09. The second-order valence-corrected chi connectivity index (χ2v) is 5.63. The molecule has 0 unspecified atom stereocenters. The van der Waals surface area contributed by atoms with Crippen LogP contribution in [0.4, 0.5) is 0 Å². The Hall–Kier alpha value is -2.75. The Kier molecular flexibility index (Phi) is 4.33. The van der Waals surface area contributed by atoms with Crippen LogP contribution in [0, 0.1) is 6.92 Å². The van der Waals surface area contributed by atoms with E-state index in [-0.39, 0.29) is 5.91 Å². The van der Waals surface area contributed by atoms with Crippen LogP contribution in [0.15, 0.2) is 48.5 Å². The number of fused-ring (bicyclic) bond motifs is 1. The van der Waals surface area contributed by atoms with Gasteiger partial charge < -0.3 is 15.0 Å². The third-order valence-electron chi connectivity index (χ3n) is 3.85. The van der Waals surface area contributed by atoms with Crippen LogP contribution in [-0.2, 0) is 6.42 Å². The van der Waals surface area contributed by atoms with Crippen LogP contribution < -0.4 is 10.1 Å². The third-order valence-corrected chi connectivity index (χ3v) is 3.85. The van der Waals surface area contributed by atoms with Crippen molar-refractivity contribution >= 4 is 16.8 Å². The van der Waals surface area contributed by atoms with Gasteiger partial charge in [-0.1, -0.05) is 23.8 Å². The maximum atomic E-state index is 12.2. The van der Waals surface area contributed by atoms with Crippen LogP contribution in [0.25, 0.3) is 10.9 Å². The van der Waals surface area contributed by atoms with Crippen LogP contribution in [0.1, 0.15) is 21.6 Å². The lowest BCUT2D eigenvalue weighted by molar-refractivity contribution is 0.0950. The SMILES string of the molecule is COc1cccc(CCNC(=O)c2cc3cc(C)ccc3[nH]2)c1. The monoisotopic (exact) mass is 308 g/mol. The number of aromatic nitrogens is 1. The predicted molar refractivity (Wildman–Crippen MR) is 92.1 cm³/mol. The number of rotatable bonds is 5. The first-order chi connectivity index (χ1) is 11.2. The number of benzene rings is 2. The minimum atomic E-state index is -0.0817. The molecule has 0 spiro atoms. The summed E-state index contributed by atoms with van der Waals surface area (Å²) in [7, 11) is 1.65. The molecule has 0 aliphatic carbocycles.